The summed E-state index contributed by atoms with van der Waals surface area (Å²) in [7, 11) is 0. The van der Waals surface area contributed by atoms with Crippen molar-refractivity contribution in [2.75, 3.05) is 4.90 Å². The summed E-state index contributed by atoms with van der Waals surface area (Å²) >= 11 is 15.0. The average molecular weight is 529 g/mol. The number of halogens is 2. The van der Waals surface area contributed by atoms with Crippen molar-refractivity contribution < 1.29 is 9.59 Å². The normalized spacial score (nSPS) is 15.5. The third-order valence-corrected chi connectivity index (χ3v) is 6.54. The summed E-state index contributed by atoms with van der Waals surface area (Å²) in [6.07, 6.45) is 1.61. The van der Waals surface area contributed by atoms with E-state index < -0.39 is 11.8 Å². The first-order valence-corrected chi connectivity index (χ1v) is 11.4. The van der Waals surface area contributed by atoms with Gasteiger partial charge in [0.15, 0.2) is 5.11 Å². The van der Waals surface area contributed by atoms with Crippen LogP contribution in [0.15, 0.2) is 58.6 Å². The molecular formula is C24H19BrClN3O2S. The van der Waals surface area contributed by atoms with Crippen LogP contribution < -0.4 is 10.2 Å². The standard InChI is InChI=1S/C24H19BrClN3O2S/c1-13-7-8-19(12-21(13)26)29-23(31)20(22(30)27-24(29)32)10-16-9-14(2)28(15(16)3)18-6-4-5-17(25)11-18/h4-12H,1-3H3,(H,27,30,32)/b20-10+. The Morgan fingerprint density at radius 1 is 1.03 bits per heavy atom. The van der Waals surface area contributed by atoms with E-state index in [0.717, 1.165) is 32.7 Å². The Balaban J connectivity index is 1.77. The van der Waals surface area contributed by atoms with Crippen LogP contribution in [0.4, 0.5) is 5.69 Å². The highest BCUT2D eigenvalue weighted by atomic mass is 79.9. The molecule has 2 amide bonds. The van der Waals surface area contributed by atoms with Crippen LogP contribution in [0, 0.1) is 20.8 Å². The molecule has 0 saturated carbocycles. The second-order valence-electron chi connectivity index (χ2n) is 7.53. The molecule has 1 aliphatic rings. The summed E-state index contributed by atoms with van der Waals surface area (Å²) in [6.45, 7) is 5.80. The van der Waals surface area contributed by atoms with Gasteiger partial charge in [-0.1, -0.05) is 39.7 Å². The summed E-state index contributed by atoms with van der Waals surface area (Å²) in [5.74, 6) is -1.02. The number of anilines is 1. The van der Waals surface area contributed by atoms with E-state index in [4.69, 9.17) is 23.8 Å². The van der Waals surface area contributed by atoms with Gasteiger partial charge < -0.3 is 4.57 Å². The molecule has 2 heterocycles. The molecule has 4 rings (SSSR count). The Morgan fingerprint density at radius 3 is 2.47 bits per heavy atom. The second kappa shape index (κ2) is 8.65. The van der Waals surface area contributed by atoms with Gasteiger partial charge in [-0.25, -0.2) is 0 Å². The number of aromatic nitrogens is 1. The fraction of sp³-hybridized carbons (Fsp3) is 0.125. The molecule has 1 aromatic heterocycles. The van der Waals surface area contributed by atoms with Crippen molar-refractivity contribution >= 4 is 68.4 Å². The first kappa shape index (κ1) is 22.5. The highest BCUT2D eigenvalue weighted by Gasteiger charge is 2.35. The minimum absolute atomic E-state index is 0.00443. The van der Waals surface area contributed by atoms with Crippen LogP contribution >= 0.6 is 39.7 Å². The number of hydrogen-bond acceptors (Lipinski definition) is 3. The lowest BCUT2D eigenvalue weighted by atomic mass is 10.1. The van der Waals surface area contributed by atoms with Gasteiger partial charge in [-0.3, -0.25) is 19.8 Å². The molecule has 3 aromatic rings. The second-order valence-corrected chi connectivity index (χ2v) is 9.24. The largest absolute Gasteiger partial charge is 0.318 e. The first-order chi connectivity index (χ1) is 15.2. The van der Waals surface area contributed by atoms with Gasteiger partial charge >= 0.3 is 0 Å². The van der Waals surface area contributed by atoms with Crippen molar-refractivity contribution in [3.63, 3.8) is 0 Å². The number of amides is 2. The zero-order chi connectivity index (χ0) is 23.2. The van der Waals surface area contributed by atoms with Crippen LogP contribution in [0.1, 0.15) is 22.5 Å². The smallest absolute Gasteiger partial charge is 0.270 e. The molecule has 1 aliphatic heterocycles. The van der Waals surface area contributed by atoms with E-state index in [0.29, 0.717) is 10.7 Å². The summed E-state index contributed by atoms with van der Waals surface area (Å²) in [5, 5.41) is 3.15. The molecular weight excluding hydrogens is 510 g/mol. The van der Waals surface area contributed by atoms with E-state index >= 15 is 0 Å². The highest BCUT2D eigenvalue weighted by molar-refractivity contribution is 9.10. The maximum Gasteiger partial charge on any atom is 0.270 e. The van der Waals surface area contributed by atoms with Crippen LogP contribution in [-0.4, -0.2) is 21.5 Å². The molecule has 0 spiro atoms. The Kier molecular flexibility index (Phi) is 6.07. The molecule has 32 heavy (non-hydrogen) atoms. The number of rotatable bonds is 3. The number of hydrogen-bond donors (Lipinski definition) is 1. The summed E-state index contributed by atoms with van der Waals surface area (Å²) in [4.78, 5) is 27.3. The lowest BCUT2D eigenvalue weighted by Gasteiger charge is -2.29. The molecule has 1 N–H and O–H groups in total. The van der Waals surface area contributed by atoms with Gasteiger partial charge in [-0.05, 0) is 86.6 Å². The van der Waals surface area contributed by atoms with Crippen LogP contribution in [0.25, 0.3) is 11.8 Å². The predicted molar refractivity (Wildman–Crippen MR) is 135 cm³/mol. The van der Waals surface area contributed by atoms with E-state index in [1.165, 1.54) is 4.90 Å². The average Bonchev–Trinajstić information content (AvgIpc) is 3.00. The molecule has 0 bridgehead atoms. The zero-order valence-electron chi connectivity index (χ0n) is 17.6. The van der Waals surface area contributed by atoms with Gasteiger partial charge in [-0.15, -0.1) is 0 Å². The fourth-order valence-corrected chi connectivity index (χ4v) is 4.56. The van der Waals surface area contributed by atoms with Crippen LogP contribution in [0.3, 0.4) is 0 Å². The van der Waals surface area contributed by atoms with E-state index in [2.05, 4.69) is 25.8 Å². The third-order valence-electron chi connectivity index (χ3n) is 5.35. The topological polar surface area (TPSA) is 54.3 Å². The van der Waals surface area contributed by atoms with E-state index in [1.807, 2.05) is 51.1 Å². The van der Waals surface area contributed by atoms with Gasteiger partial charge in [-0.2, -0.15) is 0 Å². The molecule has 0 unspecified atom stereocenters. The van der Waals surface area contributed by atoms with E-state index in [1.54, 1.807) is 24.3 Å². The van der Waals surface area contributed by atoms with Gasteiger partial charge in [0.25, 0.3) is 11.8 Å². The number of nitrogens with zero attached hydrogens (tertiary/aromatic N) is 2. The van der Waals surface area contributed by atoms with Crippen molar-refractivity contribution in [2.24, 2.45) is 0 Å². The molecule has 0 atom stereocenters. The quantitative estimate of drug-likeness (QED) is 0.272. The Hall–Kier alpha value is -2.74. The van der Waals surface area contributed by atoms with Crippen molar-refractivity contribution in [3.05, 3.63) is 86.1 Å². The number of benzene rings is 2. The molecule has 1 saturated heterocycles. The molecule has 162 valence electrons. The van der Waals surface area contributed by atoms with Crippen molar-refractivity contribution in [3.8, 4) is 5.69 Å². The number of thiocarbonyl (C=S) groups is 1. The Bertz CT molecular complexity index is 1330. The molecule has 8 heteroatoms. The first-order valence-electron chi connectivity index (χ1n) is 9.80. The van der Waals surface area contributed by atoms with E-state index in [-0.39, 0.29) is 10.7 Å². The number of aryl methyl sites for hydroxylation is 2. The zero-order valence-corrected chi connectivity index (χ0v) is 20.7. The van der Waals surface area contributed by atoms with Gasteiger partial charge in [0.05, 0.1) is 5.69 Å². The summed E-state index contributed by atoms with van der Waals surface area (Å²) < 4.78 is 3.04. The monoisotopic (exact) mass is 527 g/mol. The Labute approximate surface area is 204 Å². The molecule has 1 fully saturated rings. The molecule has 0 aliphatic carbocycles. The van der Waals surface area contributed by atoms with E-state index in [9.17, 15) is 9.59 Å². The lowest BCUT2D eigenvalue weighted by Crippen LogP contribution is -2.54. The van der Waals surface area contributed by atoms with Crippen LogP contribution in [0.5, 0.6) is 0 Å². The third kappa shape index (κ3) is 4.03. The maximum atomic E-state index is 13.3. The molecule has 2 aromatic carbocycles. The van der Waals surface area contributed by atoms with Crippen LogP contribution in [-0.2, 0) is 9.59 Å². The van der Waals surface area contributed by atoms with Gasteiger partial charge in [0, 0.05) is 26.6 Å². The molecule has 0 radical (unpaired) electrons. The highest BCUT2D eigenvalue weighted by Crippen LogP contribution is 2.29. The number of carbonyl (C=O) groups is 2. The fourth-order valence-electron chi connectivity index (χ4n) is 3.71. The minimum atomic E-state index is -0.526. The lowest BCUT2D eigenvalue weighted by molar-refractivity contribution is -0.122. The number of carbonyl (C=O) groups excluding carboxylic acids is 2. The van der Waals surface area contributed by atoms with Crippen molar-refractivity contribution in [2.45, 2.75) is 20.8 Å². The SMILES string of the molecule is Cc1ccc(N2C(=O)/C(=C/c3cc(C)n(-c4cccc(Br)c4)c3C)C(=O)NC2=S)cc1Cl. The summed E-state index contributed by atoms with van der Waals surface area (Å²) in [5.41, 5.74) is 5.03. The van der Waals surface area contributed by atoms with Crippen molar-refractivity contribution in [1.82, 2.24) is 9.88 Å². The summed E-state index contributed by atoms with van der Waals surface area (Å²) in [6, 6.07) is 15.1. The van der Waals surface area contributed by atoms with Crippen molar-refractivity contribution in [1.29, 1.82) is 0 Å². The van der Waals surface area contributed by atoms with Gasteiger partial charge in [0.2, 0.25) is 0 Å². The number of nitrogens with one attached hydrogen (secondary N) is 1. The minimum Gasteiger partial charge on any atom is -0.318 e. The maximum absolute atomic E-state index is 13.3. The predicted octanol–water partition coefficient (Wildman–Crippen LogP) is 5.65. The Morgan fingerprint density at radius 2 is 1.78 bits per heavy atom. The van der Waals surface area contributed by atoms with Crippen LogP contribution in [0.2, 0.25) is 5.02 Å². The molecule has 5 nitrogen and oxygen atoms in total. The van der Waals surface area contributed by atoms with Gasteiger partial charge in [0.1, 0.15) is 5.57 Å².